The van der Waals surface area contributed by atoms with E-state index in [-0.39, 0.29) is 0 Å². The molecule has 2 saturated heterocycles. The average Bonchev–Trinajstić information content (AvgIpc) is 2.29. The predicted molar refractivity (Wildman–Crippen MR) is 75.7 cm³/mol. The molecule has 0 aromatic rings. The average molecular weight is 254 g/mol. The molecular weight excluding hydrogens is 224 g/mol. The molecule has 0 amide bonds. The number of aliphatic hydroxyl groups is 1. The molecule has 3 nitrogen and oxygen atoms in total. The molecule has 2 N–H and O–H groups in total. The molecule has 2 fully saturated rings. The van der Waals surface area contributed by atoms with Crippen LogP contribution in [0.5, 0.6) is 0 Å². The highest BCUT2D eigenvalue weighted by Gasteiger charge is 2.34. The molecule has 18 heavy (non-hydrogen) atoms. The van der Waals surface area contributed by atoms with Crippen LogP contribution >= 0.6 is 0 Å². The third-order valence-corrected chi connectivity index (χ3v) is 4.86. The molecule has 2 aliphatic rings. The third kappa shape index (κ3) is 3.69. The molecule has 0 aliphatic carbocycles. The highest BCUT2D eigenvalue weighted by Crippen LogP contribution is 2.34. The minimum atomic E-state index is -0.431. The van der Waals surface area contributed by atoms with E-state index >= 15 is 0 Å². The Morgan fingerprint density at radius 1 is 1.17 bits per heavy atom. The molecule has 0 aromatic carbocycles. The summed E-state index contributed by atoms with van der Waals surface area (Å²) in [5.74, 6) is 0.844. The van der Waals surface area contributed by atoms with Crippen LogP contribution in [0, 0.1) is 11.3 Å². The highest BCUT2D eigenvalue weighted by molar-refractivity contribution is 4.89. The topological polar surface area (TPSA) is 35.5 Å². The first-order valence-electron chi connectivity index (χ1n) is 7.55. The molecule has 0 unspecified atom stereocenters. The maximum Gasteiger partial charge on any atom is 0.0798 e. The molecule has 0 atom stereocenters. The zero-order chi connectivity index (χ0) is 13.2. The fourth-order valence-electron chi connectivity index (χ4n) is 3.42. The smallest absolute Gasteiger partial charge is 0.0798 e. The minimum Gasteiger partial charge on any atom is -0.388 e. The van der Waals surface area contributed by atoms with E-state index in [4.69, 9.17) is 0 Å². The lowest BCUT2D eigenvalue weighted by atomic mass is 9.75. The van der Waals surface area contributed by atoms with Crippen LogP contribution in [0.3, 0.4) is 0 Å². The number of piperidine rings is 2. The lowest BCUT2D eigenvalue weighted by Crippen LogP contribution is -2.51. The number of hydrogen-bond donors (Lipinski definition) is 2. The predicted octanol–water partition coefficient (Wildman–Crippen LogP) is 1.86. The van der Waals surface area contributed by atoms with Gasteiger partial charge >= 0.3 is 0 Å². The van der Waals surface area contributed by atoms with Crippen molar-refractivity contribution in [3.05, 3.63) is 0 Å². The van der Waals surface area contributed by atoms with Gasteiger partial charge in [0.25, 0.3) is 0 Å². The van der Waals surface area contributed by atoms with Gasteiger partial charge < -0.3 is 15.3 Å². The second kappa shape index (κ2) is 5.48. The van der Waals surface area contributed by atoms with Gasteiger partial charge in [0, 0.05) is 6.54 Å². The number of rotatable bonds is 2. The van der Waals surface area contributed by atoms with Gasteiger partial charge in [-0.2, -0.15) is 0 Å². The molecule has 0 bridgehead atoms. The number of likely N-dealkylation sites (tertiary alicyclic amines) is 1. The molecular formula is C15H30N2O. The molecule has 2 aliphatic heterocycles. The Labute approximate surface area is 112 Å². The van der Waals surface area contributed by atoms with Crippen molar-refractivity contribution in [2.24, 2.45) is 11.3 Å². The van der Waals surface area contributed by atoms with Gasteiger partial charge in [0.15, 0.2) is 0 Å². The summed E-state index contributed by atoms with van der Waals surface area (Å²) in [6, 6.07) is 0. The number of nitrogens with zero attached hydrogens (tertiary/aromatic N) is 1. The molecule has 106 valence electrons. The second-order valence-electron chi connectivity index (χ2n) is 7.39. The molecule has 0 spiro atoms. The quantitative estimate of drug-likeness (QED) is 0.789. The summed E-state index contributed by atoms with van der Waals surface area (Å²) in [7, 11) is 0. The van der Waals surface area contributed by atoms with Crippen LogP contribution in [0.25, 0.3) is 0 Å². The van der Waals surface area contributed by atoms with Crippen LogP contribution in [-0.2, 0) is 0 Å². The van der Waals surface area contributed by atoms with Crippen LogP contribution in [0.1, 0.15) is 46.5 Å². The van der Waals surface area contributed by atoms with Gasteiger partial charge in [-0.25, -0.2) is 0 Å². The Bertz CT molecular complexity index is 258. The summed E-state index contributed by atoms with van der Waals surface area (Å²) < 4.78 is 0. The van der Waals surface area contributed by atoms with Gasteiger partial charge in [-0.05, 0) is 63.2 Å². The summed E-state index contributed by atoms with van der Waals surface area (Å²) in [5.41, 5.74) is 0.0115. The largest absolute Gasteiger partial charge is 0.388 e. The second-order valence-corrected chi connectivity index (χ2v) is 7.39. The number of β-amino-alcohol motifs (C(OH)–C–C–N with tert-alkyl or cyclic N) is 1. The van der Waals surface area contributed by atoms with E-state index in [1.807, 2.05) is 0 Å². The van der Waals surface area contributed by atoms with Gasteiger partial charge in [0.2, 0.25) is 0 Å². The molecule has 0 aromatic heterocycles. The molecule has 3 heteroatoms. The van der Waals surface area contributed by atoms with Gasteiger partial charge in [0.05, 0.1) is 5.60 Å². The SMILES string of the molecule is CC(C)(C)C1CCN(CC2(O)CCNCC2)CC1. The Hall–Kier alpha value is -0.120. The Morgan fingerprint density at radius 3 is 2.22 bits per heavy atom. The Morgan fingerprint density at radius 2 is 1.72 bits per heavy atom. The van der Waals surface area contributed by atoms with Crippen molar-refractivity contribution in [1.82, 2.24) is 10.2 Å². The molecule has 2 rings (SSSR count). The van der Waals surface area contributed by atoms with E-state index in [0.29, 0.717) is 5.41 Å². The highest BCUT2D eigenvalue weighted by atomic mass is 16.3. The summed E-state index contributed by atoms with van der Waals surface area (Å²) in [5, 5.41) is 13.9. The maximum atomic E-state index is 10.6. The van der Waals surface area contributed by atoms with Crippen molar-refractivity contribution in [2.45, 2.75) is 52.1 Å². The van der Waals surface area contributed by atoms with Crippen LogP contribution in [0.15, 0.2) is 0 Å². The van der Waals surface area contributed by atoms with Crippen LogP contribution in [-0.4, -0.2) is 48.3 Å². The molecule has 0 radical (unpaired) electrons. The van der Waals surface area contributed by atoms with Crippen molar-refractivity contribution in [2.75, 3.05) is 32.7 Å². The maximum absolute atomic E-state index is 10.6. The normalized spacial score (nSPS) is 27.3. The fourth-order valence-corrected chi connectivity index (χ4v) is 3.42. The minimum absolute atomic E-state index is 0.431. The van der Waals surface area contributed by atoms with E-state index < -0.39 is 5.60 Å². The zero-order valence-electron chi connectivity index (χ0n) is 12.3. The van der Waals surface area contributed by atoms with Gasteiger partial charge in [-0.3, -0.25) is 0 Å². The van der Waals surface area contributed by atoms with Crippen LogP contribution in [0.2, 0.25) is 0 Å². The molecule has 0 saturated carbocycles. The summed E-state index contributed by atoms with van der Waals surface area (Å²) in [4.78, 5) is 2.48. The number of nitrogens with one attached hydrogen (secondary N) is 1. The first-order chi connectivity index (χ1) is 8.39. The van der Waals surface area contributed by atoms with Gasteiger partial charge in [-0.15, -0.1) is 0 Å². The van der Waals surface area contributed by atoms with E-state index in [1.54, 1.807) is 0 Å². The summed E-state index contributed by atoms with van der Waals surface area (Å²) in [6.07, 6.45) is 4.40. The van der Waals surface area contributed by atoms with Crippen molar-refractivity contribution in [3.8, 4) is 0 Å². The van der Waals surface area contributed by atoms with Crippen LogP contribution in [0.4, 0.5) is 0 Å². The Balaban J connectivity index is 1.79. The summed E-state index contributed by atoms with van der Waals surface area (Å²) >= 11 is 0. The van der Waals surface area contributed by atoms with Gasteiger partial charge in [0.1, 0.15) is 0 Å². The van der Waals surface area contributed by atoms with Crippen molar-refractivity contribution >= 4 is 0 Å². The van der Waals surface area contributed by atoms with Gasteiger partial charge in [-0.1, -0.05) is 20.8 Å². The first-order valence-corrected chi connectivity index (χ1v) is 7.55. The Kier molecular flexibility index (Phi) is 4.35. The van der Waals surface area contributed by atoms with Crippen molar-refractivity contribution in [3.63, 3.8) is 0 Å². The lowest BCUT2D eigenvalue weighted by molar-refractivity contribution is -0.0318. The molecule has 2 heterocycles. The zero-order valence-corrected chi connectivity index (χ0v) is 12.3. The van der Waals surface area contributed by atoms with E-state index in [1.165, 1.54) is 12.8 Å². The van der Waals surface area contributed by atoms with E-state index in [2.05, 4.69) is 31.0 Å². The summed E-state index contributed by atoms with van der Waals surface area (Å²) in [6.45, 7) is 12.2. The standard InChI is InChI=1S/C15H30N2O/c1-14(2,3)13-4-10-17(11-5-13)12-15(18)6-8-16-9-7-15/h13,16,18H,4-12H2,1-3H3. The first kappa shape index (κ1) is 14.3. The number of hydrogen-bond acceptors (Lipinski definition) is 3. The fraction of sp³-hybridized carbons (Fsp3) is 1.00. The van der Waals surface area contributed by atoms with Crippen molar-refractivity contribution in [1.29, 1.82) is 0 Å². The van der Waals surface area contributed by atoms with E-state index in [0.717, 1.165) is 51.5 Å². The van der Waals surface area contributed by atoms with Crippen LogP contribution < -0.4 is 5.32 Å². The van der Waals surface area contributed by atoms with Crippen molar-refractivity contribution < 1.29 is 5.11 Å². The third-order valence-electron chi connectivity index (χ3n) is 4.86. The van der Waals surface area contributed by atoms with E-state index in [9.17, 15) is 5.11 Å². The lowest BCUT2D eigenvalue weighted by Gasteiger charge is -2.42. The monoisotopic (exact) mass is 254 g/mol.